The van der Waals surface area contributed by atoms with Gasteiger partial charge < -0.3 is 5.32 Å². The quantitative estimate of drug-likeness (QED) is 0.661. The van der Waals surface area contributed by atoms with Crippen LogP contribution in [0.3, 0.4) is 0 Å². The van der Waals surface area contributed by atoms with E-state index < -0.39 is 10.0 Å². The predicted octanol–water partition coefficient (Wildman–Crippen LogP) is 4.66. The molecule has 0 atom stereocenters. The molecule has 0 radical (unpaired) electrons. The first-order valence-electron chi connectivity index (χ1n) is 8.83. The summed E-state index contributed by atoms with van der Waals surface area (Å²) in [4.78, 5) is 12.9. The number of sulfonamides is 1. The minimum Gasteiger partial charge on any atom is -0.322 e. The van der Waals surface area contributed by atoms with Crippen LogP contribution < -0.4 is 10.0 Å². The Bertz CT molecular complexity index is 1120. The fourth-order valence-electron chi connectivity index (χ4n) is 2.71. The number of benzene rings is 3. The lowest BCUT2D eigenvalue weighted by Crippen LogP contribution is -2.18. The van der Waals surface area contributed by atoms with Crippen LogP contribution >= 0.6 is 0 Å². The molecule has 6 heteroatoms. The summed E-state index contributed by atoms with van der Waals surface area (Å²) in [5, 5.41) is 2.83. The molecule has 0 aromatic heterocycles. The smallest absolute Gasteiger partial charge is 0.261 e. The molecule has 3 rings (SSSR count). The second-order valence-electron chi connectivity index (χ2n) is 6.72. The summed E-state index contributed by atoms with van der Waals surface area (Å²) in [6, 6.07) is 18.7. The number of amides is 1. The molecular weight excluding hydrogens is 372 g/mol. The Hall–Kier alpha value is -3.12. The number of nitrogens with one attached hydrogen (secondary N) is 2. The van der Waals surface area contributed by atoms with Crippen molar-refractivity contribution in [2.24, 2.45) is 0 Å². The monoisotopic (exact) mass is 394 g/mol. The van der Waals surface area contributed by atoms with E-state index in [1.54, 1.807) is 36.4 Å². The highest BCUT2D eigenvalue weighted by atomic mass is 32.2. The highest BCUT2D eigenvalue weighted by Gasteiger charge is 2.18. The van der Waals surface area contributed by atoms with Gasteiger partial charge in [0.15, 0.2) is 0 Å². The van der Waals surface area contributed by atoms with Crippen LogP contribution in [0.5, 0.6) is 0 Å². The van der Waals surface area contributed by atoms with Crippen molar-refractivity contribution in [1.82, 2.24) is 0 Å². The van der Waals surface area contributed by atoms with E-state index in [-0.39, 0.29) is 22.1 Å². The van der Waals surface area contributed by atoms with Crippen molar-refractivity contribution in [2.45, 2.75) is 25.7 Å². The van der Waals surface area contributed by atoms with Crippen LogP contribution in [0.2, 0.25) is 0 Å². The second kappa shape index (κ2) is 7.86. The number of para-hydroxylation sites is 1. The number of aryl methyl sites for hydroxylation is 3. The summed E-state index contributed by atoms with van der Waals surface area (Å²) in [6.07, 6.45) is 0. The van der Waals surface area contributed by atoms with E-state index in [1.807, 2.05) is 39.0 Å². The topological polar surface area (TPSA) is 75.3 Å². The van der Waals surface area contributed by atoms with Gasteiger partial charge in [0.1, 0.15) is 0 Å². The van der Waals surface area contributed by atoms with Crippen molar-refractivity contribution >= 4 is 27.3 Å². The molecule has 0 saturated heterocycles. The average molecular weight is 394 g/mol. The van der Waals surface area contributed by atoms with Crippen molar-refractivity contribution in [1.29, 1.82) is 0 Å². The lowest BCUT2D eigenvalue weighted by Gasteiger charge is -2.13. The van der Waals surface area contributed by atoms with Crippen molar-refractivity contribution in [2.75, 3.05) is 10.0 Å². The van der Waals surface area contributed by atoms with Gasteiger partial charge in [-0.05, 0) is 68.3 Å². The average Bonchev–Trinajstić information content (AvgIpc) is 2.65. The van der Waals surface area contributed by atoms with Gasteiger partial charge in [-0.25, -0.2) is 8.42 Å². The standard InChI is InChI=1S/C22H22N2O3S/c1-15-8-12-19(13-9-15)28(26,27)24-21-7-5-4-6-20(21)22(25)23-18-11-10-16(2)17(3)14-18/h4-14,24H,1-3H3,(H,23,25). The summed E-state index contributed by atoms with van der Waals surface area (Å²) in [6.45, 7) is 5.85. The first kappa shape index (κ1) is 19.6. The van der Waals surface area contributed by atoms with Gasteiger partial charge in [-0.2, -0.15) is 0 Å². The molecule has 0 unspecified atom stereocenters. The van der Waals surface area contributed by atoms with E-state index in [0.29, 0.717) is 5.69 Å². The molecule has 144 valence electrons. The lowest BCUT2D eigenvalue weighted by molar-refractivity contribution is 0.102. The Morgan fingerprint density at radius 1 is 0.821 bits per heavy atom. The fourth-order valence-corrected chi connectivity index (χ4v) is 3.79. The van der Waals surface area contributed by atoms with Crippen LogP contribution in [0.4, 0.5) is 11.4 Å². The first-order valence-corrected chi connectivity index (χ1v) is 10.3. The zero-order chi connectivity index (χ0) is 20.3. The number of rotatable bonds is 5. The molecule has 2 N–H and O–H groups in total. The van der Waals surface area contributed by atoms with E-state index in [0.717, 1.165) is 16.7 Å². The Morgan fingerprint density at radius 2 is 1.50 bits per heavy atom. The number of carbonyl (C=O) groups excluding carboxylic acids is 1. The zero-order valence-corrected chi connectivity index (χ0v) is 16.8. The highest BCUT2D eigenvalue weighted by Crippen LogP contribution is 2.22. The minimum absolute atomic E-state index is 0.141. The van der Waals surface area contributed by atoms with E-state index in [2.05, 4.69) is 10.0 Å². The SMILES string of the molecule is Cc1ccc(S(=O)(=O)Nc2ccccc2C(=O)Nc2ccc(C)c(C)c2)cc1. The van der Waals surface area contributed by atoms with Gasteiger partial charge in [0.25, 0.3) is 15.9 Å². The van der Waals surface area contributed by atoms with Crippen molar-refractivity contribution in [3.05, 3.63) is 89.0 Å². The first-order chi connectivity index (χ1) is 13.3. The van der Waals surface area contributed by atoms with Crippen molar-refractivity contribution < 1.29 is 13.2 Å². The summed E-state index contributed by atoms with van der Waals surface area (Å²) in [7, 11) is -3.80. The molecule has 5 nitrogen and oxygen atoms in total. The van der Waals surface area contributed by atoms with Crippen LogP contribution in [-0.2, 0) is 10.0 Å². The maximum Gasteiger partial charge on any atom is 0.261 e. The summed E-state index contributed by atoms with van der Waals surface area (Å²) in [5.74, 6) is -0.384. The summed E-state index contributed by atoms with van der Waals surface area (Å²) < 4.78 is 27.9. The van der Waals surface area contributed by atoms with Gasteiger partial charge in [0.05, 0.1) is 16.1 Å². The third-order valence-corrected chi connectivity index (χ3v) is 5.89. The van der Waals surface area contributed by atoms with Crippen LogP contribution in [-0.4, -0.2) is 14.3 Å². The van der Waals surface area contributed by atoms with E-state index in [4.69, 9.17) is 0 Å². The van der Waals surface area contributed by atoms with Crippen LogP contribution in [0.25, 0.3) is 0 Å². The molecule has 28 heavy (non-hydrogen) atoms. The predicted molar refractivity (Wildman–Crippen MR) is 112 cm³/mol. The molecule has 0 fully saturated rings. The van der Waals surface area contributed by atoms with Gasteiger partial charge in [-0.15, -0.1) is 0 Å². The van der Waals surface area contributed by atoms with Crippen LogP contribution in [0.1, 0.15) is 27.0 Å². The molecule has 3 aromatic rings. The minimum atomic E-state index is -3.80. The Morgan fingerprint density at radius 3 is 2.18 bits per heavy atom. The van der Waals surface area contributed by atoms with Gasteiger partial charge >= 0.3 is 0 Å². The van der Waals surface area contributed by atoms with Gasteiger partial charge in [0, 0.05) is 5.69 Å². The highest BCUT2D eigenvalue weighted by molar-refractivity contribution is 7.92. The maximum absolute atomic E-state index is 12.8. The number of hydrogen-bond acceptors (Lipinski definition) is 3. The molecule has 0 saturated carbocycles. The van der Waals surface area contributed by atoms with E-state index in [1.165, 1.54) is 12.1 Å². The molecule has 0 aliphatic heterocycles. The van der Waals surface area contributed by atoms with Crippen molar-refractivity contribution in [3.63, 3.8) is 0 Å². The van der Waals surface area contributed by atoms with Crippen LogP contribution in [0, 0.1) is 20.8 Å². The zero-order valence-electron chi connectivity index (χ0n) is 16.0. The lowest BCUT2D eigenvalue weighted by atomic mass is 10.1. The molecule has 0 bridgehead atoms. The molecular formula is C22H22N2O3S. The van der Waals surface area contributed by atoms with Gasteiger partial charge in [0.2, 0.25) is 0 Å². The normalized spacial score (nSPS) is 11.1. The number of anilines is 2. The number of hydrogen-bond donors (Lipinski definition) is 2. The molecule has 0 aliphatic rings. The second-order valence-corrected chi connectivity index (χ2v) is 8.40. The Balaban J connectivity index is 1.87. The fraction of sp³-hybridized carbons (Fsp3) is 0.136. The molecule has 0 heterocycles. The Kier molecular flexibility index (Phi) is 5.51. The largest absolute Gasteiger partial charge is 0.322 e. The number of carbonyl (C=O) groups is 1. The molecule has 3 aromatic carbocycles. The van der Waals surface area contributed by atoms with Gasteiger partial charge in [-0.3, -0.25) is 9.52 Å². The molecule has 0 aliphatic carbocycles. The third kappa shape index (κ3) is 4.40. The molecule has 0 spiro atoms. The summed E-state index contributed by atoms with van der Waals surface area (Å²) in [5.41, 5.74) is 4.28. The van der Waals surface area contributed by atoms with E-state index in [9.17, 15) is 13.2 Å². The third-order valence-electron chi connectivity index (χ3n) is 4.51. The Labute approximate surface area is 165 Å². The van der Waals surface area contributed by atoms with E-state index >= 15 is 0 Å². The molecule has 1 amide bonds. The van der Waals surface area contributed by atoms with Crippen LogP contribution in [0.15, 0.2) is 71.6 Å². The maximum atomic E-state index is 12.8. The van der Waals surface area contributed by atoms with Gasteiger partial charge in [-0.1, -0.05) is 35.9 Å². The summed E-state index contributed by atoms with van der Waals surface area (Å²) >= 11 is 0. The van der Waals surface area contributed by atoms with Crippen molar-refractivity contribution in [3.8, 4) is 0 Å².